The van der Waals surface area contributed by atoms with Crippen LogP contribution in [0.1, 0.15) is 19.8 Å². The lowest BCUT2D eigenvalue weighted by atomic mass is 10.1. The minimum atomic E-state index is -0.407. The van der Waals surface area contributed by atoms with Gasteiger partial charge in [0.25, 0.3) is 0 Å². The van der Waals surface area contributed by atoms with Crippen molar-refractivity contribution in [2.24, 2.45) is 0 Å². The Morgan fingerprint density at radius 3 is 2.81 bits per heavy atom. The number of amides is 3. The van der Waals surface area contributed by atoms with Crippen molar-refractivity contribution < 1.29 is 9.59 Å². The van der Waals surface area contributed by atoms with Crippen molar-refractivity contribution in [1.82, 2.24) is 21.3 Å². The second-order valence-electron chi connectivity index (χ2n) is 3.86. The molecule has 4 N–H and O–H groups in total. The number of hydrogen-bond donors (Lipinski definition) is 4. The lowest BCUT2D eigenvalue weighted by Gasteiger charge is -2.23. The molecule has 0 aliphatic carbocycles. The van der Waals surface area contributed by atoms with Crippen LogP contribution < -0.4 is 21.3 Å². The molecular weight excluding hydrogens is 208 g/mol. The highest BCUT2D eigenvalue weighted by Gasteiger charge is 2.17. The number of urea groups is 1. The van der Waals surface area contributed by atoms with E-state index in [0.29, 0.717) is 13.0 Å². The summed E-state index contributed by atoms with van der Waals surface area (Å²) in [5, 5.41) is 11.3. The number of nitrogens with one attached hydrogen (secondary N) is 4. The van der Waals surface area contributed by atoms with E-state index in [4.69, 9.17) is 0 Å². The van der Waals surface area contributed by atoms with Gasteiger partial charge in [-0.3, -0.25) is 10.1 Å². The van der Waals surface area contributed by atoms with Crippen molar-refractivity contribution in [3.63, 3.8) is 0 Å². The van der Waals surface area contributed by atoms with Crippen molar-refractivity contribution >= 4 is 11.9 Å². The molecule has 1 heterocycles. The Labute approximate surface area is 95.5 Å². The van der Waals surface area contributed by atoms with Crippen LogP contribution in [-0.2, 0) is 4.79 Å². The number of carbonyl (C=O) groups excluding carboxylic acids is 2. The van der Waals surface area contributed by atoms with E-state index >= 15 is 0 Å². The van der Waals surface area contributed by atoms with E-state index in [2.05, 4.69) is 21.3 Å². The molecule has 1 aliphatic rings. The number of carbonyl (C=O) groups is 2. The second kappa shape index (κ2) is 7.19. The van der Waals surface area contributed by atoms with Gasteiger partial charge in [-0.1, -0.05) is 6.92 Å². The first-order chi connectivity index (χ1) is 7.72. The quantitative estimate of drug-likeness (QED) is 0.506. The third-order valence-electron chi connectivity index (χ3n) is 2.35. The molecule has 0 spiro atoms. The van der Waals surface area contributed by atoms with E-state index in [9.17, 15) is 9.59 Å². The lowest BCUT2D eigenvalue weighted by Crippen LogP contribution is -2.51. The first-order valence-electron chi connectivity index (χ1n) is 5.74. The molecule has 6 heteroatoms. The van der Waals surface area contributed by atoms with Gasteiger partial charge in [-0.05, 0) is 6.42 Å². The van der Waals surface area contributed by atoms with E-state index < -0.39 is 6.03 Å². The minimum Gasteiger partial charge on any atom is -0.338 e. The summed E-state index contributed by atoms with van der Waals surface area (Å²) >= 11 is 0. The smallest absolute Gasteiger partial charge is 0.321 e. The maximum Gasteiger partial charge on any atom is 0.321 e. The van der Waals surface area contributed by atoms with Crippen molar-refractivity contribution in [2.75, 3.05) is 26.2 Å². The fourth-order valence-electron chi connectivity index (χ4n) is 1.54. The fourth-order valence-corrected chi connectivity index (χ4v) is 1.54. The number of hydrogen-bond acceptors (Lipinski definition) is 4. The Morgan fingerprint density at radius 2 is 2.19 bits per heavy atom. The largest absolute Gasteiger partial charge is 0.338 e. The normalized spacial score (nSPS) is 20.2. The van der Waals surface area contributed by atoms with Gasteiger partial charge in [0, 0.05) is 38.6 Å². The van der Waals surface area contributed by atoms with Crippen molar-refractivity contribution in [1.29, 1.82) is 0 Å². The van der Waals surface area contributed by atoms with E-state index in [1.165, 1.54) is 0 Å². The summed E-state index contributed by atoms with van der Waals surface area (Å²) in [6, 6.07) is -0.289. The first kappa shape index (κ1) is 12.9. The molecule has 1 rings (SSSR count). The molecule has 3 amide bonds. The zero-order chi connectivity index (χ0) is 11.8. The molecule has 1 fully saturated rings. The van der Waals surface area contributed by atoms with Crippen LogP contribution in [0.3, 0.4) is 0 Å². The Kier molecular flexibility index (Phi) is 5.81. The van der Waals surface area contributed by atoms with Crippen LogP contribution >= 0.6 is 0 Å². The molecule has 16 heavy (non-hydrogen) atoms. The third-order valence-corrected chi connectivity index (χ3v) is 2.35. The van der Waals surface area contributed by atoms with Gasteiger partial charge >= 0.3 is 6.03 Å². The molecule has 0 aromatic rings. The lowest BCUT2D eigenvalue weighted by molar-refractivity contribution is -0.120. The van der Waals surface area contributed by atoms with Crippen LogP contribution in [0.25, 0.3) is 0 Å². The Hall–Kier alpha value is -1.14. The summed E-state index contributed by atoms with van der Waals surface area (Å²) in [5.41, 5.74) is 0. The van der Waals surface area contributed by atoms with Crippen LogP contribution in [0.2, 0.25) is 0 Å². The minimum absolute atomic E-state index is 0.118. The molecular formula is C10H20N4O2. The third kappa shape index (κ3) is 5.09. The van der Waals surface area contributed by atoms with Crippen LogP contribution in [-0.4, -0.2) is 44.2 Å². The number of rotatable bonds is 4. The van der Waals surface area contributed by atoms with Gasteiger partial charge in [-0.15, -0.1) is 0 Å². The highest BCUT2D eigenvalue weighted by atomic mass is 16.2. The zero-order valence-corrected chi connectivity index (χ0v) is 9.64. The van der Waals surface area contributed by atoms with E-state index in [-0.39, 0.29) is 11.9 Å². The summed E-state index contributed by atoms with van der Waals surface area (Å²) in [5.74, 6) is -0.241. The summed E-state index contributed by atoms with van der Waals surface area (Å²) < 4.78 is 0. The van der Waals surface area contributed by atoms with Gasteiger partial charge < -0.3 is 16.0 Å². The highest BCUT2D eigenvalue weighted by molar-refractivity contribution is 5.94. The average molecular weight is 228 g/mol. The average Bonchev–Trinajstić information content (AvgIpc) is 2.27. The van der Waals surface area contributed by atoms with Gasteiger partial charge in [0.2, 0.25) is 5.91 Å². The van der Waals surface area contributed by atoms with Crippen LogP contribution in [0.15, 0.2) is 0 Å². The molecule has 92 valence electrons. The highest BCUT2D eigenvalue weighted by Crippen LogP contribution is 1.93. The van der Waals surface area contributed by atoms with Crippen LogP contribution in [0, 0.1) is 0 Å². The molecule has 1 unspecified atom stereocenters. The molecule has 1 saturated heterocycles. The standard InChI is InChI=1S/C10H20N4O2/c1-2-3-13-10(16)14-9(15)6-8-7-11-4-5-12-8/h8,11-12H,2-7H2,1H3,(H2,13,14,15,16). The van der Waals surface area contributed by atoms with Gasteiger partial charge in [-0.25, -0.2) is 4.79 Å². The number of piperazine rings is 1. The number of imide groups is 1. The molecule has 0 radical (unpaired) electrons. The topological polar surface area (TPSA) is 82.3 Å². The van der Waals surface area contributed by atoms with Gasteiger partial charge in [0.15, 0.2) is 0 Å². The van der Waals surface area contributed by atoms with Crippen molar-refractivity contribution in [3.8, 4) is 0 Å². The van der Waals surface area contributed by atoms with Gasteiger partial charge in [0.1, 0.15) is 0 Å². The SMILES string of the molecule is CCCNC(=O)NC(=O)CC1CNCCN1. The Morgan fingerprint density at radius 1 is 1.38 bits per heavy atom. The van der Waals surface area contributed by atoms with Gasteiger partial charge in [-0.2, -0.15) is 0 Å². The van der Waals surface area contributed by atoms with Crippen LogP contribution in [0.4, 0.5) is 4.79 Å². The maximum absolute atomic E-state index is 11.4. The Bertz CT molecular complexity index is 239. The Balaban J connectivity index is 2.16. The zero-order valence-electron chi connectivity index (χ0n) is 9.64. The second-order valence-corrected chi connectivity index (χ2v) is 3.86. The van der Waals surface area contributed by atoms with E-state index in [1.54, 1.807) is 0 Å². The van der Waals surface area contributed by atoms with E-state index in [0.717, 1.165) is 26.1 Å². The summed E-state index contributed by atoms with van der Waals surface area (Å²) in [6.07, 6.45) is 1.18. The predicted molar refractivity (Wildman–Crippen MR) is 61.1 cm³/mol. The first-order valence-corrected chi connectivity index (χ1v) is 5.74. The summed E-state index contributed by atoms with van der Waals surface area (Å²) in [7, 11) is 0. The molecule has 0 saturated carbocycles. The van der Waals surface area contributed by atoms with Gasteiger partial charge in [0.05, 0.1) is 0 Å². The molecule has 1 atom stereocenters. The summed E-state index contributed by atoms with van der Waals surface area (Å²) in [4.78, 5) is 22.6. The molecule has 0 aromatic carbocycles. The molecule has 1 aliphatic heterocycles. The fraction of sp³-hybridized carbons (Fsp3) is 0.800. The molecule has 6 nitrogen and oxygen atoms in total. The monoisotopic (exact) mass is 228 g/mol. The molecule has 0 aromatic heterocycles. The maximum atomic E-state index is 11.4. The van der Waals surface area contributed by atoms with E-state index in [1.807, 2.05) is 6.92 Å². The van der Waals surface area contributed by atoms with Crippen molar-refractivity contribution in [2.45, 2.75) is 25.8 Å². The van der Waals surface area contributed by atoms with Crippen molar-refractivity contribution in [3.05, 3.63) is 0 Å². The van der Waals surface area contributed by atoms with Crippen LogP contribution in [0.5, 0.6) is 0 Å². The molecule has 0 bridgehead atoms. The summed E-state index contributed by atoms with van der Waals surface area (Å²) in [6.45, 7) is 5.10. The predicted octanol–water partition coefficient (Wildman–Crippen LogP) is -0.826.